The fourth-order valence-corrected chi connectivity index (χ4v) is 3.51. The Morgan fingerprint density at radius 1 is 1.20 bits per heavy atom. The maximum atomic E-state index is 11.8. The summed E-state index contributed by atoms with van der Waals surface area (Å²) in [6, 6.07) is 15.8. The lowest BCUT2D eigenvalue weighted by atomic mass is 9.76. The van der Waals surface area contributed by atoms with Gasteiger partial charge in [0, 0.05) is 17.5 Å². The highest BCUT2D eigenvalue weighted by atomic mass is 35.5. The minimum atomic E-state index is -1.03. The molecular weight excluding hydrogens is 330 g/mol. The van der Waals surface area contributed by atoms with E-state index in [-0.39, 0.29) is 5.92 Å². The van der Waals surface area contributed by atoms with Crippen molar-refractivity contribution in [3.05, 3.63) is 75.8 Å². The lowest BCUT2D eigenvalue weighted by molar-refractivity contribution is 0.0105. The first kappa shape index (κ1) is 19.7. The zero-order chi connectivity index (χ0) is 18.6. The second-order valence-corrected chi connectivity index (χ2v) is 7.61. The van der Waals surface area contributed by atoms with Gasteiger partial charge in [-0.05, 0) is 56.8 Å². The van der Waals surface area contributed by atoms with Crippen molar-refractivity contribution in [3.63, 3.8) is 0 Å². The van der Waals surface area contributed by atoms with Gasteiger partial charge in [-0.2, -0.15) is 0 Å². The molecule has 0 heterocycles. The van der Waals surface area contributed by atoms with Gasteiger partial charge in [-0.25, -0.2) is 0 Å². The van der Waals surface area contributed by atoms with Gasteiger partial charge in [-0.1, -0.05) is 66.6 Å². The molecular formula is C22H28ClNO. The monoisotopic (exact) mass is 357 g/mol. The molecule has 0 aliphatic carbocycles. The van der Waals surface area contributed by atoms with Crippen LogP contribution < -0.4 is 0 Å². The Bertz CT molecular complexity index is 736. The molecule has 0 spiro atoms. The molecule has 25 heavy (non-hydrogen) atoms. The normalized spacial score (nSPS) is 15.9. The highest BCUT2D eigenvalue weighted by molar-refractivity contribution is 6.30. The summed E-state index contributed by atoms with van der Waals surface area (Å²) in [5.74, 6) is 0.0350. The molecule has 3 heteroatoms. The summed E-state index contributed by atoms with van der Waals surface area (Å²) in [7, 11) is 4.07. The van der Waals surface area contributed by atoms with Crippen LogP contribution in [0.25, 0.3) is 6.08 Å². The van der Waals surface area contributed by atoms with Crippen molar-refractivity contribution in [2.45, 2.75) is 26.4 Å². The van der Waals surface area contributed by atoms with Gasteiger partial charge in [0.25, 0.3) is 0 Å². The van der Waals surface area contributed by atoms with Gasteiger partial charge in [-0.3, -0.25) is 0 Å². The number of halogens is 1. The van der Waals surface area contributed by atoms with Crippen LogP contribution in [0.3, 0.4) is 0 Å². The van der Waals surface area contributed by atoms with Crippen LogP contribution in [-0.2, 0) is 5.60 Å². The van der Waals surface area contributed by atoms with E-state index in [9.17, 15) is 5.11 Å². The van der Waals surface area contributed by atoms with Crippen molar-refractivity contribution in [3.8, 4) is 0 Å². The number of aliphatic hydroxyl groups is 1. The highest BCUT2D eigenvalue weighted by Gasteiger charge is 2.37. The minimum absolute atomic E-state index is 0.0350. The zero-order valence-corrected chi connectivity index (χ0v) is 16.5. The molecule has 2 unspecified atom stereocenters. The van der Waals surface area contributed by atoms with Crippen LogP contribution in [0.15, 0.2) is 54.1 Å². The molecule has 2 atom stereocenters. The molecule has 2 rings (SSSR count). The Morgan fingerprint density at radius 3 is 2.40 bits per heavy atom. The quantitative estimate of drug-likeness (QED) is 0.774. The average molecular weight is 358 g/mol. The zero-order valence-electron chi connectivity index (χ0n) is 15.8. The SMILES string of the molecule is CC(=Cc1ccc(Cl)cc1)C(O)(c1cccc(C)c1)C(C)CN(C)C. The molecule has 2 aromatic rings. The first-order valence-electron chi connectivity index (χ1n) is 8.62. The third kappa shape index (κ3) is 4.72. The summed E-state index contributed by atoms with van der Waals surface area (Å²) in [4.78, 5) is 2.11. The lowest BCUT2D eigenvalue weighted by Gasteiger charge is -2.37. The van der Waals surface area contributed by atoms with Gasteiger partial charge in [0.15, 0.2) is 0 Å². The number of benzene rings is 2. The Balaban J connectivity index is 2.51. The van der Waals surface area contributed by atoms with Crippen molar-refractivity contribution < 1.29 is 5.11 Å². The molecule has 0 aliphatic rings. The summed E-state index contributed by atoms with van der Waals surface area (Å²) in [6.07, 6.45) is 2.05. The number of hydrogen-bond donors (Lipinski definition) is 1. The summed E-state index contributed by atoms with van der Waals surface area (Å²) in [5.41, 5.74) is 3.01. The molecule has 2 aromatic carbocycles. The van der Waals surface area contributed by atoms with E-state index >= 15 is 0 Å². The molecule has 0 aromatic heterocycles. The van der Waals surface area contributed by atoms with Crippen molar-refractivity contribution in [2.24, 2.45) is 5.92 Å². The third-order valence-corrected chi connectivity index (χ3v) is 4.92. The largest absolute Gasteiger partial charge is 0.380 e. The van der Waals surface area contributed by atoms with Crippen LogP contribution in [0.4, 0.5) is 0 Å². The first-order valence-corrected chi connectivity index (χ1v) is 9.00. The van der Waals surface area contributed by atoms with Crippen LogP contribution in [0.5, 0.6) is 0 Å². The molecule has 0 saturated heterocycles. The van der Waals surface area contributed by atoms with Gasteiger partial charge in [0.2, 0.25) is 0 Å². The van der Waals surface area contributed by atoms with Crippen LogP contribution in [0.2, 0.25) is 5.02 Å². The van der Waals surface area contributed by atoms with Gasteiger partial charge in [0.1, 0.15) is 5.60 Å². The maximum Gasteiger partial charge on any atom is 0.114 e. The second kappa shape index (κ2) is 8.18. The van der Waals surface area contributed by atoms with E-state index in [0.29, 0.717) is 5.02 Å². The predicted molar refractivity (Wildman–Crippen MR) is 108 cm³/mol. The van der Waals surface area contributed by atoms with Gasteiger partial charge >= 0.3 is 0 Å². The van der Waals surface area contributed by atoms with Gasteiger partial charge in [-0.15, -0.1) is 0 Å². The highest BCUT2D eigenvalue weighted by Crippen LogP contribution is 2.38. The molecule has 0 amide bonds. The maximum absolute atomic E-state index is 11.8. The Kier molecular flexibility index (Phi) is 6.45. The Morgan fingerprint density at radius 2 is 1.84 bits per heavy atom. The predicted octanol–water partition coefficient (Wildman–Crippen LogP) is 5.14. The summed E-state index contributed by atoms with van der Waals surface area (Å²) in [5, 5.41) is 12.5. The topological polar surface area (TPSA) is 23.5 Å². The third-order valence-electron chi connectivity index (χ3n) is 4.66. The van der Waals surface area contributed by atoms with E-state index in [1.54, 1.807) is 0 Å². The van der Waals surface area contributed by atoms with Crippen LogP contribution in [0.1, 0.15) is 30.5 Å². The molecule has 0 radical (unpaired) electrons. The van der Waals surface area contributed by atoms with Crippen LogP contribution in [0, 0.1) is 12.8 Å². The van der Waals surface area contributed by atoms with E-state index in [1.165, 1.54) is 0 Å². The summed E-state index contributed by atoms with van der Waals surface area (Å²) < 4.78 is 0. The van der Waals surface area contributed by atoms with E-state index in [1.807, 2.05) is 63.5 Å². The van der Waals surface area contributed by atoms with Crippen LogP contribution in [-0.4, -0.2) is 30.6 Å². The number of hydrogen-bond acceptors (Lipinski definition) is 2. The van der Waals surface area contributed by atoms with Gasteiger partial charge < -0.3 is 10.0 Å². The van der Waals surface area contributed by atoms with E-state index in [2.05, 4.69) is 30.9 Å². The van der Waals surface area contributed by atoms with Crippen molar-refractivity contribution in [1.82, 2.24) is 4.90 Å². The van der Waals surface area contributed by atoms with Crippen molar-refractivity contribution >= 4 is 17.7 Å². The second-order valence-electron chi connectivity index (χ2n) is 7.18. The van der Waals surface area contributed by atoms with Crippen LogP contribution >= 0.6 is 11.6 Å². The van der Waals surface area contributed by atoms with E-state index in [0.717, 1.165) is 28.8 Å². The molecule has 134 valence electrons. The van der Waals surface area contributed by atoms with Crippen molar-refractivity contribution in [2.75, 3.05) is 20.6 Å². The Labute approximate surface area is 156 Å². The smallest absolute Gasteiger partial charge is 0.114 e. The molecule has 2 nitrogen and oxygen atoms in total. The summed E-state index contributed by atoms with van der Waals surface area (Å²) >= 11 is 5.98. The molecule has 0 saturated carbocycles. The van der Waals surface area contributed by atoms with E-state index in [4.69, 9.17) is 11.6 Å². The number of aryl methyl sites for hydroxylation is 1. The molecule has 0 aliphatic heterocycles. The summed E-state index contributed by atoms with van der Waals surface area (Å²) in [6.45, 7) is 6.94. The number of rotatable bonds is 6. The molecule has 1 N–H and O–H groups in total. The average Bonchev–Trinajstić information content (AvgIpc) is 2.55. The molecule has 0 bridgehead atoms. The fraction of sp³-hybridized carbons (Fsp3) is 0.364. The van der Waals surface area contributed by atoms with E-state index < -0.39 is 5.60 Å². The van der Waals surface area contributed by atoms with Gasteiger partial charge in [0.05, 0.1) is 0 Å². The minimum Gasteiger partial charge on any atom is -0.380 e. The number of nitrogens with zero attached hydrogens (tertiary/aromatic N) is 1. The Hall–Kier alpha value is -1.61. The molecule has 0 fully saturated rings. The fourth-order valence-electron chi connectivity index (χ4n) is 3.38. The first-order chi connectivity index (χ1) is 11.7. The van der Waals surface area contributed by atoms with Crippen molar-refractivity contribution in [1.29, 1.82) is 0 Å². The lowest BCUT2D eigenvalue weighted by Crippen LogP contribution is -2.40. The standard InChI is InChI=1S/C22H28ClNO/c1-16-7-6-8-20(13-16)22(25,18(3)15-24(4)5)17(2)14-19-9-11-21(23)12-10-19/h6-14,18,25H,15H2,1-5H3.